The Morgan fingerprint density at radius 1 is 1.64 bits per heavy atom. The van der Waals surface area contributed by atoms with E-state index in [4.69, 9.17) is 10.3 Å². The summed E-state index contributed by atoms with van der Waals surface area (Å²) in [5, 5.41) is 7.61. The lowest BCUT2D eigenvalue weighted by molar-refractivity contribution is 0.361. The minimum absolute atomic E-state index is 0.160. The maximum atomic E-state index is 11.2. The molecule has 7 nitrogen and oxygen atoms in total. The third kappa shape index (κ3) is 1.64. The lowest BCUT2D eigenvalue weighted by Gasteiger charge is -1.91. The van der Waals surface area contributed by atoms with Crippen LogP contribution in [0.1, 0.15) is 11.7 Å². The van der Waals surface area contributed by atoms with Crippen molar-refractivity contribution in [3.8, 4) is 0 Å². The molecule has 0 amide bonds. The third-order valence-electron chi connectivity index (χ3n) is 1.48. The number of aryl methyl sites for hydroxylation is 1. The lowest BCUT2D eigenvalue weighted by atomic mass is 10.6. The van der Waals surface area contributed by atoms with Crippen LogP contribution in [0.5, 0.6) is 0 Å². The van der Waals surface area contributed by atoms with E-state index in [-0.39, 0.29) is 16.5 Å². The van der Waals surface area contributed by atoms with Crippen LogP contribution in [-0.2, 0) is 6.54 Å². The smallest absolute Gasteiger partial charge is 0.327 e. The van der Waals surface area contributed by atoms with Crippen molar-refractivity contribution in [2.45, 2.75) is 13.5 Å². The zero-order chi connectivity index (χ0) is 10.1. The zero-order valence-electron chi connectivity index (χ0n) is 7.30. The Morgan fingerprint density at radius 3 is 2.93 bits per heavy atom. The molecule has 0 aliphatic heterocycles. The Morgan fingerprint density at radius 2 is 2.43 bits per heavy atom. The van der Waals surface area contributed by atoms with Gasteiger partial charge in [-0.25, -0.2) is 4.68 Å². The summed E-state index contributed by atoms with van der Waals surface area (Å²) in [6.45, 7) is 1.86. The molecule has 0 aliphatic carbocycles. The fourth-order valence-electron chi connectivity index (χ4n) is 0.955. The van der Waals surface area contributed by atoms with Crippen molar-refractivity contribution in [2.24, 2.45) is 0 Å². The molecule has 0 atom stereocenters. The Bertz CT molecular complexity index is 498. The SMILES string of the molecule is Cc1noc(Cn2nc(N)sc2=O)n1. The highest BCUT2D eigenvalue weighted by atomic mass is 32.1. The summed E-state index contributed by atoms with van der Waals surface area (Å²) >= 11 is 0.879. The van der Waals surface area contributed by atoms with Crippen molar-refractivity contribution >= 4 is 16.5 Å². The minimum Gasteiger partial charge on any atom is -0.374 e. The minimum atomic E-state index is -0.238. The van der Waals surface area contributed by atoms with Crippen molar-refractivity contribution in [1.29, 1.82) is 0 Å². The van der Waals surface area contributed by atoms with Gasteiger partial charge in [-0.1, -0.05) is 5.16 Å². The van der Waals surface area contributed by atoms with Crippen LogP contribution in [0.3, 0.4) is 0 Å². The highest BCUT2D eigenvalue weighted by Gasteiger charge is 2.08. The molecule has 0 bridgehead atoms. The summed E-state index contributed by atoms with van der Waals surface area (Å²) < 4.78 is 6.02. The molecule has 0 saturated heterocycles. The molecule has 0 radical (unpaired) electrons. The van der Waals surface area contributed by atoms with E-state index in [1.807, 2.05) is 0 Å². The topological polar surface area (TPSA) is 99.8 Å². The van der Waals surface area contributed by atoms with Gasteiger partial charge >= 0.3 is 4.87 Å². The van der Waals surface area contributed by atoms with E-state index in [9.17, 15) is 4.79 Å². The second kappa shape index (κ2) is 3.22. The largest absolute Gasteiger partial charge is 0.374 e. The van der Waals surface area contributed by atoms with Crippen molar-refractivity contribution in [2.75, 3.05) is 5.73 Å². The Hall–Kier alpha value is -1.70. The molecule has 2 N–H and O–H groups in total. The van der Waals surface area contributed by atoms with Crippen molar-refractivity contribution < 1.29 is 4.52 Å². The summed E-state index contributed by atoms with van der Waals surface area (Å²) in [6.07, 6.45) is 0. The Balaban J connectivity index is 2.26. The molecule has 2 rings (SSSR count). The van der Waals surface area contributed by atoms with Crippen LogP contribution in [0.4, 0.5) is 5.13 Å². The molecule has 2 aromatic heterocycles. The molecular formula is C6H7N5O2S. The molecule has 14 heavy (non-hydrogen) atoms. The molecule has 0 aliphatic rings. The summed E-state index contributed by atoms with van der Waals surface area (Å²) in [7, 11) is 0. The summed E-state index contributed by atoms with van der Waals surface area (Å²) in [5.74, 6) is 0.867. The molecule has 74 valence electrons. The number of nitrogen functional groups attached to an aromatic ring is 1. The number of rotatable bonds is 2. The van der Waals surface area contributed by atoms with E-state index in [1.165, 1.54) is 4.68 Å². The van der Waals surface area contributed by atoms with Crippen LogP contribution in [0.25, 0.3) is 0 Å². The molecule has 0 aromatic carbocycles. The van der Waals surface area contributed by atoms with Crippen LogP contribution in [-0.4, -0.2) is 19.9 Å². The molecule has 2 heterocycles. The van der Waals surface area contributed by atoms with E-state index in [2.05, 4.69) is 15.2 Å². The first-order chi connectivity index (χ1) is 6.65. The first-order valence-corrected chi connectivity index (χ1v) is 4.59. The zero-order valence-corrected chi connectivity index (χ0v) is 8.11. The fourth-order valence-corrected chi connectivity index (χ4v) is 1.48. The second-order valence-electron chi connectivity index (χ2n) is 2.60. The maximum absolute atomic E-state index is 11.2. The van der Waals surface area contributed by atoms with Crippen LogP contribution >= 0.6 is 11.3 Å². The quantitative estimate of drug-likeness (QED) is 0.730. The lowest BCUT2D eigenvalue weighted by Crippen LogP contribution is -2.15. The molecule has 0 spiro atoms. The van der Waals surface area contributed by atoms with Gasteiger partial charge in [0.1, 0.15) is 6.54 Å². The van der Waals surface area contributed by atoms with Gasteiger partial charge in [0.25, 0.3) is 0 Å². The van der Waals surface area contributed by atoms with E-state index < -0.39 is 0 Å². The second-order valence-corrected chi connectivity index (χ2v) is 3.57. The number of nitrogens with two attached hydrogens (primary N) is 1. The summed E-state index contributed by atoms with van der Waals surface area (Å²) in [6, 6.07) is 0. The van der Waals surface area contributed by atoms with Gasteiger partial charge in [0.05, 0.1) is 0 Å². The van der Waals surface area contributed by atoms with Gasteiger partial charge in [-0.15, -0.1) is 5.10 Å². The van der Waals surface area contributed by atoms with Crippen LogP contribution < -0.4 is 10.6 Å². The van der Waals surface area contributed by atoms with Crippen molar-refractivity contribution in [3.05, 3.63) is 21.4 Å². The number of nitrogens with zero attached hydrogens (tertiary/aromatic N) is 4. The molecule has 2 aromatic rings. The van der Waals surface area contributed by atoms with E-state index in [0.29, 0.717) is 11.7 Å². The van der Waals surface area contributed by atoms with Gasteiger partial charge < -0.3 is 10.3 Å². The van der Waals surface area contributed by atoms with Gasteiger partial charge in [0.15, 0.2) is 5.82 Å². The van der Waals surface area contributed by atoms with Crippen molar-refractivity contribution in [1.82, 2.24) is 19.9 Å². The number of hydrogen-bond acceptors (Lipinski definition) is 7. The van der Waals surface area contributed by atoms with Crippen LogP contribution in [0, 0.1) is 6.92 Å². The maximum Gasteiger partial charge on any atom is 0.327 e. The average molecular weight is 213 g/mol. The third-order valence-corrected chi connectivity index (χ3v) is 2.15. The standard InChI is InChI=1S/C6H7N5O2S/c1-3-8-4(13-10-3)2-11-6(12)14-5(7)9-11/h2H2,1H3,(H2,7,9). The van der Waals surface area contributed by atoms with Gasteiger partial charge in [0.2, 0.25) is 11.0 Å². The average Bonchev–Trinajstić information content (AvgIpc) is 2.61. The first kappa shape index (κ1) is 8.88. The van der Waals surface area contributed by atoms with Crippen LogP contribution in [0.2, 0.25) is 0 Å². The van der Waals surface area contributed by atoms with Gasteiger partial charge in [-0.2, -0.15) is 4.98 Å². The predicted octanol–water partition coefficient (Wildman–Crippen LogP) is -0.373. The van der Waals surface area contributed by atoms with E-state index in [0.717, 1.165) is 11.3 Å². The predicted molar refractivity (Wildman–Crippen MR) is 48.9 cm³/mol. The summed E-state index contributed by atoms with van der Waals surface area (Å²) in [4.78, 5) is 14.9. The first-order valence-electron chi connectivity index (χ1n) is 3.78. The van der Waals surface area contributed by atoms with Gasteiger partial charge in [-0.3, -0.25) is 4.79 Å². The number of aromatic nitrogens is 4. The number of hydrogen-bond donors (Lipinski definition) is 1. The molecule has 8 heteroatoms. The van der Waals surface area contributed by atoms with Crippen molar-refractivity contribution in [3.63, 3.8) is 0 Å². The van der Waals surface area contributed by atoms with Gasteiger partial charge in [-0.05, 0) is 18.3 Å². The van der Waals surface area contributed by atoms with E-state index in [1.54, 1.807) is 6.92 Å². The molecule has 0 unspecified atom stereocenters. The Kier molecular flexibility index (Phi) is 2.04. The normalized spacial score (nSPS) is 10.6. The molecule has 0 fully saturated rings. The van der Waals surface area contributed by atoms with Crippen LogP contribution in [0.15, 0.2) is 9.32 Å². The number of anilines is 1. The molecular weight excluding hydrogens is 206 g/mol. The highest BCUT2D eigenvalue weighted by molar-refractivity contribution is 7.12. The Labute approximate surface area is 82.2 Å². The summed E-state index contributed by atoms with van der Waals surface area (Å²) in [5.41, 5.74) is 5.36. The fraction of sp³-hybridized carbons (Fsp3) is 0.333. The highest BCUT2D eigenvalue weighted by Crippen LogP contribution is 2.02. The van der Waals surface area contributed by atoms with Gasteiger partial charge in [0, 0.05) is 0 Å². The monoisotopic (exact) mass is 213 g/mol. The van der Waals surface area contributed by atoms with E-state index >= 15 is 0 Å². The molecule has 0 saturated carbocycles.